The summed E-state index contributed by atoms with van der Waals surface area (Å²) >= 11 is 0. The van der Waals surface area contributed by atoms with E-state index in [1.54, 1.807) is 27.9 Å². The lowest BCUT2D eigenvalue weighted by Gasteiger charge is -2.36. The maximum atomic E-state index is 13.6. The monoisotopic (exact) mass is 532 g/mol. The van der Waals surface area contributed by atoms with Crippen LogP contribution in [0.25, 0.3) is 0 Å². The number of sulfone groups is 1. The van der Waals surface area contributed by atoms with Gasteiger partial charge in [-0.05, 0) is 82.0 Å². The van der Waals surface area contributed by atoms with Crippen molar-refractivity contribution in [2.75, 3.05) is 20.3 Å². The SMILES string of the molecule is COc1ccc(CCCCC(=O)Oc2ccc(S(=O)(=O)C3(C(=O)OC(C)(C)C)CCOCC3)cc2)cc1. The van der Waals surface area contributed by atoms with Gasteiger partial charge in [-0.1, -0.05) is 12.1 Å². The lowest BCUT2D eigenvalue weighted by atomic mass is 9.99. The standard InChI is InChI=1S/C28H36O8S/c1-27(2,3)36-26(30)28(17-19-34-20-18-28)37(31,32)24-15-13-23(14-16-24)35-25(29)8-6-5-7-21-9-11-22(33-4)12-10-21/h9-16H,5-8,17-20H2,1-4H3. The molecule has 0 bridgehead atoms. The third-order valence-corrected chi connectivity index (χ3v) is 8.70. The van der Waals surface area contributed by atoms with Crippen LogP contribution in [0.2, 0.25) is 0 Å². The first-order valence-electron chi connectivity index (χ1n) is 12.5. The lowest BCUT2D eigenvalue weighted by molar-refractivity contribution is -0.160. The second kappa shape index (κ2) is 12.1. The first kappa shape index (κ1) is 28.7. The Kier molecular flexibility index (Phi) is 9.36. The average molecular weight is 533 g/mol. The second-order valence-electron chi connectivity index (χ2n) is 10.1. The molecule has 1 fully saturated rings. The molecule has 0 aliphatic carbocycles. The fourth-order valence-corrected chi connectivity index (χ4v) is 6.05. The van der Waals surface area contributed by atoms with Gasteiger partial charge in [0.1, 0.15) is 17.1 Å². The van der Waals surface area contributed by atoms with Crippen molar-refractivity contribution in [3.8, 4) is 11.5 Å². The summed E-state index contributed by atoms with van der Waals surface area (Å²) in [5, 5.41) is 0. The number of benzene rings is 2. The Bertz CT molecular complexity index is 1160. The van der Waals surface area contributed by atoms with E-state index in [0.717, 1.165) is 18.6 Å². The van der Waals surface area contributed by atoms with Crippen molar-refractivity contribution in [2.45, 2.75) is 74.5 Å². The number of methoxy groups -OCH3 is 1. The molecule has 3 rings (SSSR count). The quantitative estimate of drug-likeness (QED) is 0.247. The van der Waals surface area contributed by atoms with Crippen molar-refractivity contribution >= 4 is 21.8 Å². The number of carbonyl (C=O) groups is 2. The molecule has 1 heterocycles. The molecule has 1 aliphatic heterocycles. The van der Waals surface area contributed by atoms with Gasteiger partial charge in [0.25, 0.3) is 0 Å². The van der Waals surface area contributed by atoms with E-state index in [1.165, 1.54) is 29.8 Å². The summed E-state index contributed by atoms with van der Waals surface area (Å²) in [6.07, 6.45) is 2.61. The number of ether oxygens (including phenoxy) is 4. The third-order valence-electron chi connectivity index (χ3n) is 6.21. The van der Waals surface area contributed by atoms with Crippen LogP contribution in [0.15, 0.2) is 53.4 Å². The topological polar surface area (TPSA) is 105 Å². The molecule has 0 saturated carbocycles. The molecular formula is C28H36O8S. The Morgan fingerprint density at radius 3 is 2.08 bits per heavy atom. The molecule has 2 aromatic carbocycles. The number of unbranched alkanes of at least 4 members (excludes halogenated alkanes) is 1. The average Bonchev–Trinajstić information content (AvgIpc) is 2.86. The Hall–Kier alpha value is -2.91. The molecule has 0 atom stereocenters. The fraction of sp³-hybridized carbons (Fsp3) is 0.500. The minimum absolute atomic E-state index is 0.0114. The van der Waals surface area contributed by atoms with Crippen LogP contribution in [0.3, 0.4) is 0 Å². The van der Waals surface area contributed by atoms with E-state index in [9.17, 15) is 18.0 Å². The van der Waals surface area contributed by atoms with Gasteiger partial charge in [0.05, 0.1) is 12.0 Å². The predicted molar refractivity (Wildman–Crippen MR) is 138 cm³/mol. The molecule has 1 saturated heterocycles. The molecule has 0 radical (unpaired) electrons. The van der Waals surface area contributed by atoms with Crippen molar-refractivity contribution in [2.24, 2.45) is 0 Å². The number of hydrogen-bond donors (Lipinski definition) is 0. The molecule has 0 aromatic heterocycles. The Morgan fingerprint density at radius 2 is 1.51 bits per heavy atom. The van der Waals surface area contributed by atoms with Crippen LogP contribution in [0, 0.1) is 0 Å². The summed E-state index contributed by atoms with van der Waals surface area (Å²) < 4.78 is 46.9. The Balaban J connectivity index is 1.59. The zero-order chi connectivity index (χ0) is 27.1. The van der Waals surface area contributed by atoms with Crippen LogP contribution in [-0.2, 0) is 35.3 Å². The first-order chi connectivity index (χ1) is 17.5. The first-order valence-corrected chi connectivity index (χ1v) is 13.9. The number of hydrogen-bond acceptors (Lipinski definition) is 8. The summed E-state index contributed by atoms with van der Waals surface area (Å²) in [5.74, 6) is -0.107. The van der Waals surface area contributed by atoms with E-state index in [4.69, 9.17) is 18.9 Å². The van der Waals surface area contributed by atoms with Crippen LogP contribution in [0.5, 0.6) is 11.5 Å². The van der Waals surface area contributed by atoms with Crippen LogP contribution in [0.4, 0.5) is 0 Å². The fourth-order valence-electron chi connectivity index (χ4n) is 4.14. The van der Waals surface area contributed by atoms with Gasteiger partial charge in [-0.3, -0.25) is 9.59 Å². The van der Waals surface area contributed by atoms with Gasteiger partial charge < -0.3 is 18.9 Å². The number of esters is 2. The number of carbonyl (C=O) groups excluding carboxylic acids is 2. The summed E-state index contributed by atoms with van der Waals surface area (Å²) in [4.78, 5) is 25.3. The molecule has 202 valence electrons. The van der Waals surface area contributed by atoms with Gasteiger partial charge >= 0.3 is 11.9 Å². The van der Waals surface area contributed by atoms with Gasteiger partial charge in [-0.15, -0.1) is 0 Å². The highest BCUT2D eigenvalue weighted by molar-refractivity contribution is 7.93. The smallest absolute Gasteiger partial charge is 0.328 e. The maximum absolute atomic E-state index is 13.6. The van der Waals surface area contributed by atoms with E-state index in [0.29, 0.717) is 6.42 Å². The molecule has 0 unspecified atom stereocenters. The molecule has 9 heteroatoms. The second-order valence-corrected chi connectivity index (χ2v) is 12.4. The highest BCUT2D eigenvalue weighted by atomic mass is 32.2. The van der Waals surface area contributed by atoms with Gasteiger partial charge in [-0.2, -0.15) is 0 Å². The highest BCUT2D eigenvalue weighted by Gasteiger charge is 2.54. The molecular weight excluding hydrogens is 496 g/mol. The van der Waals surface area contributed by atoms with Crippen LogP contribution >= 0.6 is 0 Å². The Morgan fingerprint density at radius 1 is 0.919 bits per heavy atom. The van der Waals surface area contributed by atoms with Gasteiger partial charge in [-0.25, -0.2) is 8.42 Å². The highest BCUT2D eigenvalue weighted by Crippen LogP contribution is 2.37. The van der Waals surface area contributed by atoms with Gasteiger partial charge in [0.2, 0.25) is 0 Å². The van der Waals surface area contributed by atoms with Gasteiger partial charge in [0, 0.05) is 32.5 Å². The van der Waals surface area contributed by atoms with Crippen LogP contribution in [0.1, 0.15) is 58.4 Å². The summed E-state index contributed by atoms with van der Waals surface area (Å²) in [5.41, 5.74) is 0.338. The van der Waals surface area contributed by atoms with Crippen molar-refractivity contribution in [1.29, 1.82) is 0 Å². The summed E-state index contributed by atoms with van der Waals surface area (Å²) in [6, 6.07) is 13.4. The molecule has 1 aliphatic rings. The molecule has 0 N–H and O–H groups in total. The molecule has 37 heavy (non-hydrogen) atoms. The molecule has 0 amide bonds. The van der Waals surface area contributed by atoms with Crippen LogP contribution in [-0.4, -0.2) is 51.0 Å². The van der Waals surface area contributed by atoms with E-state index in [1.807, 2.05) is 24.3 Å². The van der Waals surface area contributed by atoms with E-state index in [2.05, 4.69) is 0 Å². The van der Waals surface area contributed by atoms with Crippen LogP contribution < -0.4 is 9.47 Å². The summed E-state index contributed by atoms with van der Waals surface area (Å²) in [7, 11) is -2.47. The zero-order valence-corrected chi connectivity index (χ0v) is 22.8. The normalized spacial score (nSPS) is 15.6. The number of rotatable bonds is 10. The summed E-state index contributed by atoms with van der Waals surface area (Å²) in [6.45, 7) is 5.39. The lowest BCUT2D eigenvalue weighted by Crippen LogP contribution is -2.53. The Labute approximate surface area is 219 Å². The molecule has 2 aromatic rings. The third kappa shape index (κ3) is 7.32. The number of aryl methyl sites for hydroxylation is 1. The van der Waals surface area contributed by atoms with E-state index in [-0.39, 0.29) is 49.1 Å². The van der Waals surface area contributed by atoms with E-state index >= 15 is 0 Å². The van der Waals surface area contributed by atoms with Gasteiger partial charge in [0.15, 0.2) is 14.6 Å². The van der Waals surface area contributed by atoms with Crippen molar-refractivity contribution < 1.29 is 37.0 Å². The molecule has 0 spiro atoms. The maximum Gasteiger partial charge on any atom is 0.328 e. The van der Waals surface area contributed by atoms with Crippen molar-refractivity contribution in [1.82, 2.24) is 0 Å². The van der Waals surface area contributed by atoms with Crippen molar-refractivity contribution in [3.05, 3.63) is 54.1 Å². The minimum atomic E-state index is -4.09. The largest absolute Gasteiger partial charge is 0.497 e. The minimum Gasteiger partial charge on any atom is -0.497 e. The van der Waals surface area contributed by atoms with Crippen molar-refractivity contribution in [3.63, 3.8) is 0 Å². The molecule has 8 nitrogen and oxygen atoms in total. The predicted octanol–water partition coefficient (Wildman–Crippen LogP) is 4.68. The van der Waals surface area contributed by atoms with E-state index < -0.39 is 26.2 Å². The zero-order valence-electron chi connectivity index (χ0n) is 21.9.